The Morgan fingerprint density at radius 3 is 3.10 bits per heavy atom. The minimum absolute atomic E-state index is 0.00137. The first kappa shape index (κ1) is 14.6. The van der Waals surface area contributed by atoms with Crippen molar-refractivity contribution in [2.45, 2.75) is 18.1 Å². The van der Waals surface area contributed by atoms with Gasteiger partial charge in [-0.25, -0.2) is 4.98 Å². The number of benzene rings is 1. The summed E-state index contributed by atoms with van der Waals surface area (Å²) < 4.78 is 6.30. The van der Waals surface area contributed by atoms with Crippen LogP contribution >= 0.6 is 23.1 Å². The van der Waals surface area contributed by atoms with E-state index in [9.17, 15) is 4.79 Å². The molecular formula is C14H17N3O2S2. The molecule has 0 unspecified atom stereocenters. The molecule has 112 valence electrons. The molecule has 0 saturated carbocycles. The number of amides is 1. The van der Waals surface area contributed by atoms with Crippen molar-refractivity contribution in [2.24, 2.45) is 0 Å². The van der Waals surface area contributed by atoms with E-state index in [0.717, 1.165) is 36.3 Å². The molecule has 1 aliphatic rings. The smallest absolute Gasteiger partial charge is 0.236 e. The Bertz CT molecular complexity index is 638. The monoisotopic (exact) mass is 323 g/mol. The predicted octanol–water partition coefficient (Wildman–Crippen LogP) is 2.73. The number of thioether (sulfide) groups is 1. The third-order valence-electron chi connectivity index (χ3n) is 3.28. The molecule has 1 aliphatic heterocycles. The fourth-order valence-electron chi connectivity index (χ4n) is 2.19. The maximum absolute atomic E-state index is 12.0. The molecule has 0 atom stereocenters. The van der Waals surface area contributed by atoms with E-state index in [1.54, 1.807) is 11.8 Å². The highest BCUT2D eigenvalue weighted by Crippen LogP contribution is 2.28. The molecule has 1 fully saturated rings. The molecule has 1 amide bonds. The van der Waals surface area contributed by atoms with Gasteiger partial charge in [0.15, 0.2) is 5.13 Å². The molecule has 2 aromatic rings. The predicted molar refractivity (Wildman–Crippen MR) is 89.0 cm³/mol. The van der Waals surface area contributed by atoms with E-state index in [0.29, 0.717) is 21.8 Å². The Kier molecular flexibility index (Phi) is 4.62. The number of aromatic nitrogens is 1. The van der Waals surface area contributed by atoms with E-state index in [-0.39, 0.29) is 5.91 Å². The summed E-state index contributed by atoms with van der Waals surface area (Å²) in [6, 6.07) is 5.56. The SMILES string of the molecule is Nc1ccc2nc(NC(=O)CSC3CCOCC3)sc2c1. The molecule has 21 heavy (non-hydrogen) atoms. The summed E-state index contributed by atoms with van der Waals surface area (Å²) in [5.74, 6) is 0.460. The Hall–Kier alpha value is -1.31. The van der Waals surface area contributed by atoms with Gasteiger partial charge in [0.2, 0.25) is 5.91 Å². The van der Waals surface area contributed by atoms with E-state index in [2.05, 4.69) is 10.3 Å². The average molecular weight is 323 g/mol. The number of nitrogens with zero attached hydrogens (tertiary/aromatic N) is 1. The summed E-state index contributed by atoms with van der Waals surface area (Å²) in [4.78, 5) is 16.4. The normalized spacial score (nSPS) is 16.2. The lowest BCUT2D eigenvalue weighted by atomic mass is 10.2. The lowest BCUT2D eigenvalue weighted by Crippen LogP contribution is -2.21. The first-order valence-corrected chi connectivity index (χ1v) is 8.72. The van der Waals surface area contributed by atoms with Crippen LogP contribution in [0.3, 0.4) is 0 Å². The number of hydrogen-bond acceptors (Lipinski definition) is 6. The summed E-state index contributed by atoms with van der Waals surface area (Å²) in [6.07, 6.45) is 2.05. The van der Waals surface area contributed by atoms with Gasteiger partial charge in [0.1, 0.15) is 0 Å². The van der Waals surface area contributed by atoms with E-state index < -0.39 is 0 Å². The van der Waals surface area contributed by atoms with Crippen molar-refractivity contribution in [3.63, 3.8) is 0 Å². The number of anilines is 2. The molecule has 3 rings (SSSR count). The molecule has 1 saturated heterocycles. The number of thiazole rings is 1. The molecule has 1 aromatic heterocycles. The van der Waals surface area contributed by atoms with Crippen LogP contribution in [0, 0.1) is 0 Å². The van der Waals surface area contributed by atoms with Crippen molar-refractivity contribution in [3.05, 3.63) is 18.2 Å². The Balaban J connectivity index is 1.55. The first-order chi connectivity index (χ1) is 10.2. The fourth-order valence-corrected chi connectivity index (χ4v) is 4.10. The summed E-state index contributed by atoms with van der Waals surface area (Å²) in [6.45, 7) is 1.61. The van der Waals surface area contributed by atoms with Crippen molar-refractivity contribution < 1.29 is 9.53 Å². The maximum atomic E-state index is 12.0. The lowest BCUT2D eigenvalue weighted by molar-refractivity contribution is -0.113. The van der Waals surface area contributed by atoms with Gasteiger partial charge in [-0.1, -0.05) is 11.3 Å². The number of nitrogens with one attached hydrogen (secondary N) is 1. The van der Waals surface area contributed by atoms with Crippen LogP contribution in [-0.2, 0) is 9.53 Å². The summed E-state index contributed by atoms with van der Waals surface area (Å²) >= 11 is 3.15. The van der Waals surface area contributed by atoms with Crippen LogP contribution in [0.4, 0.5) is 10.8 Å². The first-order valence-electron chi connectivity index (χ1n) is 6.86. The second kappa shape index (κ2) is 6.64. The third kappa shape index (κ3) is 3.87. The minimum Gasteiger partial charge on any atom is -0.399 e. The van der Waals surface area contributed by atoms with Gasteiger partial charge in [-0.2, -0.15) is 0 Å². The number of carbonyl (C=O) groups is 1. The standard InChI is InChI=1S/C14H17N3O2S2/c15-9-1-2-11-12(7-9)21-14(16-11)17-13(18)8-20-10-3-5-19-6-4-10/h1-2,7,10H,3-6,8,15H2,(H,16,17,18). The molecule has 0 bridgehead atoms. The van der Waals surface area contributed by atoms with Crippen molar-refractivity contribution >= 4 is 50.0 Å². The van der Waals surface area contributed by atoms with Gasteiger partial charge in [0.05, 0.1) is 16.0 Å². The van der Waals surface area contributed by atoms with E-state index >= 15 is 0 Å². The van der Waals surface area contributed by atoms with Gasteiger partial charge in [-0.3, -0.25) is 4.79 Å². The number of fused-ring (bicyclic) bond motifs is 1. The van der Waals surface area contributed by atoms with Crippen LogP contribution < -0.4 is 11.1 Å². The highest BCUT2D eigenvalue weighted by molar-refractivity contribution is 8.00. The number of rotatable bonds is 4. The quantitative estimate of drug-likeness (QED) is 0.846. The highest BCUT2D eigenvalue weighted by atomic mass is 32.2. The molecule has 0 spiro atoms. The molecule has 5 nitrogen and oxygen atoms in total. The Morgan fingerprint density at radius 1 is 1.48 bits per heavy atom. The zero-order valence-electron chi connectivity index (χ0n) is 11.5. The fraction of sp³-hybridized carbons (Fsp3) is 0.429. The Labute approximate surface area is 131 Å². The number of nitrogen functional groups attached to an aromatic ring is 1. The van der Waals surface area contributed by atoms with E-state index in [4.69, 9.17) is 10.5 Å². The van der Waals surface area contributed by atoms with Gasteiger partial charge in [0, 0.05) is 24.2 Å². The minimum atomic E-state index is -0.00137. The van der Waals surface area contributed by atoms with Gasteiger partial charge in [0.25, 0.3) is 0 Å². The molecule has 1 aromatic carbocycles. The third-order valence-corrected chi connectivity index (χ3v) is 5.58. The number of ether oxygens (including phenoxy) is 1. The van der Waals surface area contributed by atoms with Crippen molar-refractivity contribution in [1.82, 2.24) is 4.98 Å². The topological polar surface area (TPSA) is 77.2 Å². The van der Waals surface area contributed by atoms with Gasteiger partial charge in [-0.15, -0.1) is 11.8 Å². The zero-order chi connectivity index (χ0) is 14.7. The van der Waals surface area contributed by atoms with E-state index in [1.807, 2.05) is 18.2 Å². The average Bonchev–Trinajstić information content (AvgIpc) is 2.87. The second-order valence-electron chi connectivity index (χ2n) is 4.92. The van der Waals surface area contributed by atoms with Gasteiger partial charge < -0.3 is 15.8 Å². The maximum Gasteiger partial charge on any atom is 0.236 e. The van der Waals surface area contributed by atoms with Crippen molar-refractivity contribution in [2.75, 3.05) is 30.0 Å². The van der Waals surface area contributed by atoms with Gasteiger partial charge >= 0.3 is 0 Å². The molecular weight excluding hydrogens is 306 g/mol. The number of nitrogens with two attached hydrogens (primary N) is 1. The van der Waals surface area contributed by atoms with E-state index in [1.165, 1.54) is 11.3 Å². The van der Waals surface area contributed by atoms with Crippen LogP contribution in [-0.4, -0.2) is 35.1 Å². The highest BCUT2D eigenvalue weighted by Gasteiger charge is 2.16. The van der Waals surface area contributed by atoms with Crippen LogP contribution in [0.25, 0.3) is 10.2 Å². The summed E-state index contributed by atoms with van der Waals surface area (Å²) in [5, 5.41) is 4.03. The molecule has 0 aliphatic carbocycles. The van der Waals surface area contributed by atoms with Crippen LogP contribution in [0.2, 0.25) is 0 Å². The molecule has 7 heteroatoms. The number of carbonyl (C=O) groups excluding carboxylic acids is 1. The number of hydrogen-bond donors (Lipinski definition) is 2. The van der Waals surface area contributed by atoms with Crippen LogP contribution in [0.5, 0.6) is 0 Å². The van der Waals surface area contributed by atoms with Gasteiger partial charge in [-0.05, 0) is 31.0 Å². The zero-order valence-corrected chi connectivity index (χ0v) is 13.1. The summed E-state index contributed by atoms with van der Waals surface area (Å²) in [7, 11) is 0. The van der Waals surface area contributed by atoms with Crippen LogP contribution in [0.15, 0.2) is 18.2 Å². The largest absolute Gasteiger partial charge is 0.399 e. The molecule has 3 N–H and O–H groups in total. The second-order valence-corrected chi connectivity index (χ2v) is 7.24. The van der Waals surface area contributed by atoms with Crippen LogP contribution in [0.1, 0.15) is 12.8 Å². The Morgan fingerprint density at radius 2 is 2.29 bits per heavy atom. The molecule has 0 radical (unpaired) electrons. The molecule has 2 heterocycles. The lowest BCUT2D eigenvalue weighted by Gasteiger charge is -2.20. The summed E-state index contributed by atoms with van der Waals surface area (Å²) in [5.41, 5.74) is 7.31. The van der Waals surface area contributed by atoms with Crippen molar-refractivity contribution in [1.29, 1.82) is 0 Å². The van der Waals surface area contributed by atoms with Crippen molar-refractivity contribution in [3.8, 4) is 0 Å².